The highest BCUT2D eigenvalue weighted by Gasteiger charge is 2.27. The van der Waals surface area contributed by atoms with Crippen LogP contribution in [0, 0.1) is 18.7 Å². The minimum Gasteiger partial charge on any atom is -0.352 e. The molecule has 2 aromatic carbocycles. The lowest BCUT2D eigenvalue weighted by Crippen LogP contribution is -2.31. The van der Waals surface area contributed by atoms with Crippen molar-refractivity contribution in [2.24, 2.45) is 5.92 Å². The third-order valence-electron chi connectivity index (χ3n) is 7.34. The zero-order chi connectivity index (χ0) is 25.9. The van der Waals surface area contributed by atoms with Crippen molar-refractivity contribution in [3.8, 4) is 0 Å². The number of amides is 1. The molecule has 2 heterocycles. The molecule has 1 saturated heterocycles. The molecular weight excluding hydrogens is 537 g/mol. The average molecular weight is 573 g/mol. The highest BCUT2D eigenvalue weighted by Crippen LogP contribution is 2.34. The summed E-state index contributed by atoms with van der Waals surface area (Å²) in [5, 5.41) is 4.41. The number of halogens is 2. The van der Waals surface area contributed by atoms with E-state index in [0.717, 1.165) is 54.6 Å². The van der Waals surface area contributed by atoms with E-state index in [9.17, 15) is 4.79 Å². The summed E-state index contributed by atoms with van der Waals surface area (Å²) >= 11 is 3.47. The summed E-state index contributed by atoms with van der Waals surface area (Å²) in [5.41, 5.74) is 2.86. The maximum atomic E-state index is 16.0. The van der Waals surface area contributed by atoms with Gasteiger partial charge in [-0.3, -0.25) is 9.63 Å². The SMILES string of the molecule is Cc1cc(Br)ccc1Nc1c(C(=O)N(C)OCC2CC2)cc2c(ncn2CCCN2CCCCC2)c1F. The summed E-state index contributed by atoms with van der Waals surface area (Å²) in [7, 11) is 1.59. The molecule has 1 aromatic heterocycles. The monoisotopic (exact) mass is 571 g/mol. The second kappa shape index (κ2) is 11.5. The van der Waals surface area contributed by atoms with Crippen molar-refractivity contribution in [1.29, 1.82) is 0 Å². The van der Waals surface area contributed by atoms with Gasteiger partial charge in [-0.15, -0.1) is 0 Å². The lowest BCUT2D eigenvalue weighted by atomic mass is 10.1. The summed E-state index contributed by atoms with van der Waals surface area (Å²) in [5.74, 6) is -0.424. The average Bonchev–Trinajstić information content (AvgIpc) is 3.64. The number of imidazole rings is 1. The van der Waals surface area contributed by atoms with Crippen LogP contribution in [-0.4, -0.2) is 58.7 Å². The first-order valence-electron chi connectivity index (χ1n) is 13.2. The molecule has 9 heteroatoms. The van der Waals surface area contributed by atoms with Gasteiger partial charge in [-0.2, -0.15) is 0 Å². The first-order valence-corrected chi connectivity index (χ1v) is 14.0. The van der Waals surface area contributed by atoms with Crippen LogP contribution in [0.1, 0.15) is 54.4 Å². The number of aromatic nitrogens is 2. The predicted octanol–water partition coefficient (Wildman–Crippen LogP) is 6.28. The van der Waals surface area contributed by atoms with Crippen LogP contribution in [0.2, 0.25) is 0 Å². The van der Waals surface area contributed by atoms with Crippen molar-refractivity contribution in [3.05, 3.63) is 52.0 Å². The van der Waals surface area contributed by atoms with Gasteiger partial charge in [-0.05, 0) is 94.4 Å². The number of likely N-dealkylation sites (tertiary alicyclic amines) is 1. The molecule has 0 spiro atoms. The zero-order valence-electron chi connectivity index (χ0n) is 21.6. The van der Waals surface area contributed by atoms with Gasteiger partial charge >= 0.3 is 0 Å². The Morgan fingerprint density at radius 1 is 1.22 bits per heavy atom. The lowest BCUT2D eigenvalue weighted by Gasteiger charge is -2.26. The van der Waals surface area contributed by atoms with Crippen LogP contribution < -0.4 is 5.32 Å². The molecule has 0 bridgehead atoms. The maximum absolute atomic E-state index is 16.0. The number of hydrogen-bond donors (Lipinski definition) is 1. The Bertz CT molecular complexity index is 1270. The number of carbonyl (C=O) groups is 1. The molecule has 2 aliphatic rings. The Hall–Kier alpha value is -2.49. The van der Waals surface area contributed by atoms with E-state index >= 15 is 4.39 Å². The van der Waals surface area contributed by atoms with E-state index in [-0.39, 0.29) is 22.7 Å². The lowest BCUT2D eigenvalue weighted by molar-refractivity contribution is -0.109. The Morgan fingerprint density at radius 3 is 2.73 bits per heavy atom. The summed E-state index contributed by atoms with van der Waals surface area (Å²) in [4.78, 5) is 26.1. The second-order valence-electron chi connectivity index (χ2n) is 10.3. The molecule has 2 fully saturated rings. The zero-order valence-corrected chi connectivity index (χ0v) is 23.2. The number of rotatable bonds is 10. The van der Waals surface area contributed by atoms with E-state index < -0.39 is 5.82 Å². The van der Waals surface area contributed by atoms with Crippen LogP contribution in [0.15, 0.2) is 35.1 Å². The van der Waals surface area contributed by atoms with Crippen molar-refractivity contribution in [2.45, 2.75) is 52.0 Å². The molecule has 1 aliphatic carbocycles. The second-order valence-corrected chi connectivity index (χ2v) is 11.2. The van der Waals surface area contributed by atoms with Gasteiger partial charge in [0, 0.05) is 23.8 Å². The molecular formula is C28H35BrFN5O2. The first kappa shape index (κ1) is 26.1. The maximum Gasteiger partial charge on any atom is 0.279 e. The minimum absolute atomic E-state index is 0.114. The molecule has 37 heavy (non-hydrogen) atoms. The van der Waals surface area contributed by atoms with E-state index in [0.29, 0.717) is 24.6 Å². The molecule has 0 unspecified atom stereocenters. The first-order chi connectivity index (χ1) is 17.9. The summed E-state index contributed by atoms with van der Waals surface area (Å²) in [6, 6.07) is 7.45. The van der Waals surface area contributed by atoms with E-state index in [1.165, 1.54) is 24.3 Å². The van der Waals surface area contributed by atoms with Crippen LogP contribution in [0.3, 0.4) is 0 Å². The number of aryl methyl sites for hydroxylation is 2. The quantitative estimate of drug-likeness (QED) is 0.290. The molecule has 1 aliphatic heterocycles. The van der Waals surface area contributed by atoms with E-state index in [1.54, 1.807) is 19.4 Å². The largest absolute Gasteiger partial charge is 0.352 e. The Labute approximate surface area is 226 Å². The van der Waals surface area contributed by atoms with Gasteiger partial charge in [0.2, 0.25) is 0 Å². The van der Waals surface area contributed by atoms with Gasteiger partial charge in [0.15, 0.2) is 5.82 Å². The van der Waals surface area contributed by atoms with E-state index in [1.807, 2.05) is 29.7 Å². The molecule has 0 radical (unpaired) electrons. The van der Waals surface area contributed by atoms with Crippen molar-refractivity contribution in [2.75, 3.05) is 38.6 Å². The van der Waals surface area contributed by atoms with Crippen molar-refractivity contribution in [1.82, 2.24) is 19.5 Å². The number of nitrogens with one attached hydrogen (secondary N) is 1. The van der Waals surface area contributed by atoms with Crippen molar-refractivity contribution in [3.63, 3.8) is 0 Å². The van der Waals surface area contributed by atoms with Crippen molar-refractivity contribution < 1.29 is 14.0 Å². The molecule has 198 valence electrons. The number of nitrogens with zero attached hydrogens (tertiary/aromatic N) is 4. The predicted molar refractivity (Wildman–Crippen MR) is 148 cm³/mol. The van der Waals surface area contributed by atoms with Gasteiger partial charge in [-0.1, -0.05) is 22.4 Å². The van der Waals surface area contributed by atoms with Crippen LogP contribution in [0.4, 0.5) is 15.8 Å². The number of piperidine rings is 1. The number of carbonyl (C=O) groups excluding carboxylic acids is 1. The molecule has 0 atom stereocenters. The third-order valence-corrected chi connectivity index (χ3v) is 7.84. The summed E-state index contributed by atoms with van der Waals surface area (Å²) in [6.07, 6.45) is 8.69. The normalized spacial score (nSPS) is 16.3. The van der Waals surface area contributed by atoms with Gasteiger partial charge in [-0.25, -0.2) is 14.4 Å². The summed E-state index contributed by atoms with van der Waals surface area (Å²) < 4.78 is 18.9. The standard InChI is InChI=1S/C28H35BrFN5O2/c1-19-15-21(29)9-10-23(19)32-26-22(28(36)33(2)37-17-20-7-8-20)16-24-27(25(26)30)31-18-35(24)14-6-13-34-11-4-3-5-12-34/h9-10,15-16,18,20,32H,3-8,11-14,17H2,1-2H3. The van der Waals surface area contributed by atoms with E-state index in [2.05, 4.69) is 31.1 Å². The molecule has 3 aromatic rings. The number of benzene rings is 2. The van der Waals surface area contributed by atoms with Crippen LogP contribution in [-0.2, 0) is 11.4 Å². The molecule has 5 rings (SSSR count). The number of hydrogen-bond acceptors (Lipinski definition) is 5. The fraction of sp³-hybridized carbons (Fsp3) is 0.500. The molecule has 1 saturated carbocycles. The highest BCUT2D eigenvalue weighted by molar-refractivity contribution is 9.10. The van der Waals surface area contributed by atoms with Crippen molar-refractivity contribution >= 4 is 44.2 Å². The summed E-state index contributed by atoms with van der Waals surface area (Å²) in [6.45, 7) is 6.45. The van der Waals surface area contributed by atoms with Gasteiger partial charge in [0.05, 0.1) is 29.7 Å². The van der Waals surface area contributed by atoms with Gasteiger partial charge < -0.3 is 14.8 Å². The fourth-order valence-corrected chi connectivity index (χ4v) is 5.38. The van der Waals surface area contributed by atoms with Crippen LogP contribution in [0.5, 0.6) is 0 Å². The van der Waals surface area contributed by atoms with Crippen LogP contribution >= 0.6 is 15.9 Å². The van der Waals surface area contributed by atoms with Gasteiger partial charge in [0.25, 0.3) is 5.91 Å². The number of anilines is 2. The number of fused-ring (bicyclic) bond motifs is 1. The Kier molecular flexibility index (Phi) is 8.12. The van der Waals surface area contributed by atoms with E-state index in [4.69, 9.17) is 4.84 Å². The highest BCUT2D eigenvalue weighted by atomic mass is 79.9. The third kappa shape index (κ3) is 6.16. The molecule has 1 amide bonds. The fourth-order valence-electron chi connectivity index (χ4n) is 4.91. The van der Waals surface area contributed by atoms with Gasteiger partial charge in [0.1, 0.15) is 5.52 Å². The topological polar surface area (TPSA) is 62.6 Å². The van der Waals surface area contributed by atoms with Crippen LogP contribution in [0.25, 0.3) is 11.0 Å². The molecule has 7 nitrogen and oxygen atoms in total. The number of hydroxylamine groups is 2. The minimum atomic E-state index is -0.534. The smallest absolute Gasteiger partial charge is 0.279 e. The Morgan fingerprint density at radius 2 is 2.00 bits per heavy atom. The Balaban J connectivity index is 1.45. The molecule has 1 N–H and O–H groups in total.